The highest BCUT2D eigenvalue weighted by Crippen LogP contribution is 2.30. The Labute approximate surface area is 220 Å². The number of carbonyl (C=O) groups excluding carboxylic acids is 3. The van der Waals surface area contributed by atoms with Gasteiger partial charge in [-0.15, -0.1) is 0 Å². The van der Waals surface area contributed by atoms with Crippen LogP contribution in [-0.4, -0.2) is 69.4 Å². The number of alkyl halides is 1. The van der Waals surface area contributed by atoms with Gasteiger partial charge in [0.2, 0.25) is 5.91 Å². The van der Waals surface area contributed by atoms with Gasteiger partial charge in [0, 0.05) is 31.6 Å². The number of hydrogen-bond donors (Lipinski definition) is 2. The van der Waals surface area contributed by atoms with Gasteiger partial charge in [0.1, 0.15) is 38.7 Å². The number of nitrogens with zero attached hydrogens (tertiary/aromatic N) is 2. The number of amides is 2. The molecule has 1 saturated heterocycles. The number of halogens is 1. The van der Waals surface area contributed by atoms with Crippen molar-refractivity contribution in [3.8, 4) is 0 Å². The third-order valence-corrected chi connectivity index (χ3v) is 5.82. The number of benzene rings is 1. The van der Waals surface area contributed by atoms with Crippen LogP contribution in [0.2, 0.25) is 0 Å². The number of esters is 1. The van der Waals surface area contributed by atoms with Crippen LogP contribution in [0, 0.1) is 0 Å². The Hall–Kier alpha value is -3.23. The lowest BCUT2D eigenvalue weighted by atomic mass is 10.1. The Morgan fingerprint density at radius 1 is 1.35 bits per heavy atom. The predicted molar refractivity (Wildman–Crippen MR) is 136 cm³/mol. The van der Waals surface area contributed by atoms with Gasteiger partial charge in [-0.2, -0.15) is 4.98 Å². The Morgan fingerprint density at radius 3 is 2.84 bits per heavy atom. The molecule has 2 heterocycles. The molecule has 198 valence electrons. The van der Waals surface area contributed by atoms with E-state index in [1.807, 2.05) is 0 Å². The van der Waals surface area contributed by atoms with Crippen molar-refractivity contribution in [3.05, 3.63) is 58.1 Å². The fraction of sp³-hybridized carbons (Fsp3) is 0.435. The van der Waals surface area contributed by atoms with E-state index in [0.29, 0.717) is 5.56 Å². The second kappa shape index (κ2) is 13.9. The van der Waals surface area contributed by atoms with E-state index in [4.69, 9.17) is 16.3 Å². The number of anilines is 1. The van der Waals surface area contributed by atoms with E-state index in [1.165, 1.54) is 31.4 Å². The van der Waals surface area contributed by atoms with Gasteiger partial charge in [0.05, 0.1) is 13.0 Å². The summed E-state index contributed by atoms with van der Waals surface area (Å²) in [5, 5.41) is 4.95. The van der Waals surface area contributed by atoms with Gasteiger partial charge in [-0.1, -0.05) is 12.1 Å². The lowest BCUT2D eigenvalue weighted by molar-refractivity contribution is -0.146. The number of ether oxygens (including phenoxy) is 2. The highest BCUT2D eigenvalue weighted by molar-refractivity contribution is 7.95. The monoisotopic (exact) mass is 537 g/mol. The lowest BCUT2D eigenvalue weighted by Crippen LogP contribution is -2.28. The molecule has 2 N–H and O–H groups in total. The zero-order chi connectivity index (χ0) is 28.4. The molecule has 1 fully saturated rings. The molecule has 0 bridgehead atoms. The topological polar surface area (TPSA) is 138 Å². The number of hydrogen-bond acceptors (Lipinski definition) is 9. The van der Waals surface area contributed by atoms with Crippen LogP contribution in [-0.2, 0) is 29.9 Å². The highest BCUT2D eigenvalue weighted by Gasteiger charge is 2.37. The highest BCUT2D eigenvalue weighted by atomic mass is 32.2. The number of aromatic nitrogens is 2. The number of nitrogens with one attached hydrogen (secondary N) is 2. The first-order valence-corrected chi connectivity index (χ1v) is 12.3. The minimum Gasteiger partial charge on any atom is -0.461 e. The van der Waals surface area contributed by atoms with Crippen LogP contribution in [0.25, 0.3) is 0 Å². The maximum atomic E-state index is 14.4. The zero-order valence-corrected chi connectivity index (χ0v) is 20.9. The standard InChI is InChI=1S/C23H28BFN4O7S/c1-26-19(30)6-7-21(31)34-11-14-2-4-15(5-3-14)22(32)27-18-8-9-29(23(33)28-18)20-10-16(25)17(36-20)12-35-37-13-24/h2-5,8-9,16-17,20H,6-7,10-13,24H2,1H3,(H,26,30)(H,27,28,32,33)/t16-,17+,20+/m0/s1/i24TD. The van der Waals surface area contributed by atoms with E-state index in [2.05, 4.69) is 15.6 Å². The molecule has 0 aliphatic carbocycles. The Balaban J connectivity index is 1.49. The van der Waals surface area contributed by atoms with Gasteiger partial charge in [0.15, 0.2) is 0 Å². The van der Waals surface area contributed by atoms with Crippen molar-refractivity contribution in [3.63, 3.8) is 0 Å². The second-order valence-corrected chi connectivity index (χ2v) is 8.74. The van der Waals surface area contributed by atoms with Gasteiger partial charge in [-0.3, -0.25) is 19.0 Å². The van der Waals surface area contributed by atoms with E-state index < -0.39 is 43.8 Å². The first-order chi connectivity index (χ1) is 18.7. The molecular weight excluding hydrogens is 506 g/mol. The van der Waals surface area contributed by atoms with Crippen LogP contribution in [0.15, 0.2) is 41.3 Å². The first kappa shape index (κ1) is 25.4. The Bertz CT molecular complexity index is 1210. The summed E-state index contributed by atoms with van der Waals surface area (Å²) in [7, 11) is 0.426. The van der Waals surface area contributed by atoms with Crippen molar-refractivity contribution >= 4 is 43.4 Å². The molecule has 0 spiro atoms. The summed E-state index contributed by atoms with van der Waals surface area (Å²) in [6, 6.07) is 7.65. The second-order valence-electron chi connectivity index (χ2n) is 7.94. The molecule has 0 unspecified atom stereocenters. The van der Waals surface area contributed by atoms with Crippen LogP contribution in [0.1, 0.15) is 41.4 Å². The molecule has 11 nitrogen and oxygen atoms in total. The third kappa shape index (κ3) is 8.40. The molecule has 2 aromatic rings. The van der Waals surface area contributed by atoms with Crippen molar-refractivity contribution in [2.75, 3.05) is 24.6 Å². The summed E-state index contributed by atoms with van der Waals surface area (Å²) in [5.74, 6) is -1.30. The molecule has 0 radical (unpaired) electrons. The van der Waals surface area contributed by atoms with Crippen molar-refractivity contribution in [1.82, 2.24) is 14.9 Å². The van der Waals surface area contributed by atoms with Gasteiger partial charge >= 0.3 is 11.7 Å². The Morgan fingerprint density at radius 2 is 2.14 bits per heavy atom. The lowest BCUT2D eigenvalue weighted by Gasteiger charge is -2.15. The molecule has 1 aromatic carbocycles. The van der Waals surface area contributed by atoms with Crippen LogP contribution >= 0.6 is 12.0 Å². The van der Waals surface area contributed by atoms with E-state index in [0.717, 1.165) is 16.6 Å². The van der Waals surface area contributed by atoms with Gasteiger partial charge in [-0.25, -0.2) is 9.18 Å². The largest absolute Gasteiger partial charge is 0.461 e. The summed E-state index contributed by atoms with van der Waals surface area (Å²) in [6.45, 7) is -0.107. The quantitative estimate of drug-likeness (QED) is 0.166. The molecule has 1 aliphatic heterocycles. The fourth-order valence-corrected chi connectivity index (χ4v) is 3.72. The summed E-state index contributed by atoms with van der Waals surface area (Å²) >= 11 is 0.889. The summed E-state index contributed by atoms with van der Waals surface area (Å²) in [6.07, 6.45) is -1.91. The van der Waals surface area contributed by atoms with Crippen LogP contribution < -0.4 is 16.3 Å². The molecule has 2 amide bonds. The van der Waals surface area contributed by atoms with Crippen molar-refractivity contribution in [2.45, 2.75) is 44.4 Å². The molecule has 3 rings (SSSR count). The van der Waals surface area contributed by atoms with E-state index >= 15 is 0 Å². The van der Waals surface area contributed by atoms with Crippen LogP contribution in [0.5, 0.6) is 0 Å². The van der Waals surface area contributed by atoms with Gasteiger partial charge in [0.25, 0.3) is 5.91 Å². The minimum absolute atomic E-state index is 0.00166. The number of rotatable bonds is 13. The Kier molecular flexibility index (Phi) is 9.56. The SMILES string of the molecule is [2H]B([3H])CSOC[C@H]1O[C@@H](n2ccc(NC(=O)c3ccc(COC(=O)CCC(=O)NC)cc3)nc2=O)C[C@@H]1F. The van der Waals surface area contributed by atoms with Gasteiger partial charge in [-0.05, 0) is 44.1 Å². The van der Waals surface area contributed by atoms with Gasteiger partial charge < -0.3 is 24.3 Å². The summed E-state index contributed by atoms with van der Waals surface area (Å²) in [5.41, 5.74) is 0.298. The minimum atomic E-state index is -1.38. The van der Waals surface area contributed by atoms with E-state index in [9.17, 15) is 23.6 Å². The normalized spacial score (nSPS) is 19.5. The predicted octanol–water partition coefficient (Wildman–Crippen LogP) is 0.946. The third-order valence-electron chi connectivity index (χ3n) is 5.38. The zero-order valence-electron chi connectivity index (χ0n) is 22.1. The number of carbonyl (C=O) groups is 3. The summed E-state index contributed by atoms with van der Waals surface area (Å²) < 4.78 is 45.6. The maximum Gasteiger partial charge on any atom is 0.351 e. The van der Waals surface area contributed by atoms with Crippen molar-refractivity contribution in [1.29, 1.82) is 2.67 Å². The first-order valence-electron chi connectivity index (χ1n) is 12.6. The van der Waals surface area contributed by atoms with Crippen molar-refractivity contribution in [2.24, 2.45) is 0 Å². The molecule has 1 aliphatic rings. The van der Waals surface area contributed by atoms with E-state index in [1.54, 1.807) is 12.1 Å². The molecule has 3 atom stereocenters. The molecular formula is C23H28BFN4O7S. The van der Waals surface area contributed by atoms with Crippen LogP contribution in [0.3, 0.4) is 0 Å². The van der Waals surface area contributed by atoms with Crippen LogP contribution in [0.4, 0.5) is 10.2 Å². The van der Waals surface area contributed by atoms with Crippen molar-refractivity contribution < 1.29 is 32.4 Å². The molecule has 1 aromatic heterocycles. The smallest absolute Gasteiger partial charge is 0.351 e. The molecule has 0 saturated carbocycles. The average Bonchev–Trinajstić information content (AvgIpc) is 3.28. The van der Waals surface area contributed by atoms with E-state index in [-0.39, 0.29) is 55.4 Å². The molecule has 37 heavy (non-hydrogen) atoms. The summed E-state index contributed by atoms with van der Waals surface area (Å²) in [4.78, 5) is 51.8. The molecule has 14 heteroatoms. The fourth-order valence-electron chi connectivity index (χ4n) is 3.39. The maximum absolute atomic E-state index is 14.4. The average molecular weight is 537 g/mol.